The summed E-state index contributed by atoms with van der Waals surface area (Å²) in [5.74, 6) is -0.996. The Balaban J connectivity index is 1.35. The molecule has 2 atom stereocenters. The summed E-state index contributed by atoms with van der Waals surface area (Å²) < 4.78 is 5.31. The van der Waals surface area contributed by atoms with Crippen molar-refractivity contribution < 1.29 is 29.4 Å². The minimum absolute atomic E-state index is 0.106. The first-order valence-corrected chi connectivity index (χ1v) is 14.7. The summed E-state index contributed by atoms with van der Waals surface area (Å²) >= 11 is 6.24. The standard InChI is InChI=1S/C32H34ClN5O6/c1-31(2,3)44-30(41)35-17-19-13-14-21(33)16-20(19)18-34-28(39)26-12-7-15-38(26)29(40)32(42)23-9-5-4-8-22(23)27-24(32)10-6-11-25(27)36-37-43/h4-6,8-11,13-14,16,26,42H,7,12,15,17-18H2,1-3H3,(H,34,39)(H,35,41)(H,36,43)/t26-,32?/m0/s1. The molecule has 3 aromatic rings. The molecule has 230 valence electrons. The van der Waals surface area contributed by atoms with Gasteiger partial charge in [0.15, 0.2) is 5.60 Å². The average Bonchev–Trinajstić information content (AvgIpc) is 3.57. The number of amides is 3. The van der Waals surface area contributed by atoms with Gasteiger partial charge >= 0.3 is 6.09 Å². The largest absolute Gasteiger partial charge is 0.444 e. The van der Waals surface area contributed by atoms with Gasteiger partial charge in [-0.1, -0.05) is 54.1 Å². The molecule has 12 heteroatoms. The van der Waals surface area contributed by atoms with E-state index in [1.165, 1.54) is 4.90 Å². The molecule has 0 aromatic heterocycles. The van der Waals surface area contributed by atoms with E-state index in [9.17, 15) is 19.5 Å². The van der Waals surface area contributed by atoms with E-state index in [1.54, 1.807) is 81.4 Å². The number of hydrogen-bond donors (Lipinski definition) is 4. The van der Waals surface area contributed by atoms with Gasteiger partial charge in [0.05, 0.1) is 5.69 Å². The molecule has 44 heavy (non-hydrogen) atoms. The van der Waals surface area contributed by atoms with Crippen molar-refractivity contribution in [3.63, 3.8) is 0 Å². The number of hydrogen-bond acceptors (Lipinski definition) is 7. The third-order valence-electron chi connectivity index (χ3n) is 7.74. The van der Waals surface area contributed by atoms with Crippen LogP contribution in [0.1, 0.15) is 55.9 Å². The van der Waals surface area contributed by atoms with Crippen molar-refractivity contribution >= 4 is 35.2 Å². The Kier molecular flexibility index (Phi) is 8.62. The maximum atomic E-state index is 14.2. The number of fused-ring (bicyclic) bond motifs is 3. The molecule has 3 amide bonds. The Morgan fingerprint density at radius 1 is 1.02 bits per heavy atom. The Hall–Kier alpha value is -4.48. The van der Waals surface area contributed by atoms with Crippen LogP contribution in [0.4, 0.5) is 10.5 Å². The number of ether oxygens (including phenoxy) is 1. The summed E-state index contributed by atoms with van der Waals surface area (Å²) in [5.41, 5.74) is 0.784. The molecule has 1 unspecified atom stereocenters. The van der Waals surface area contributed by atoms with E-state index < -0.39 is 29.2 Å². The number of nitrogens with one attached hydrogen (secondary N) is 2. The lowest BCUT2D eigenvalue weighted by atomic mass is 9.89. The van der Waals surface area contributed by atoms with Crippen LogP contribution in [0.15, 0.2) is 71.1 Å². The molecule has 2 aliphatic rings. The summed E-state index contributed by atoms with van der Waals surface area (Å²) in [4.78, 5) is 41.4. The summed E-state index contributed by atoms with van der Waals surface area (Å²) in [6, 6.07) is 16.2. The fraction of sp³-hybridized carbons (Fsp3) is 0.344. The minimum Gasteiger partial charge on any atom is -0.444 e. The van der Waals surface area contributed by atoms with Gasteiger partial charge in [0.2, 0.25) is 5.91 Å². The van der Waals surface area contributed by atoms with Crippen molar-refractivity contribution in [1.29, 1.82) is 0 Å². The highest BCUT2D eigenvalue weighted by atomic mass is 35.5. The lowest BCUT2D eigenvalue weighted by molar-refractivity contribution is -0.151. The molecular weight excluding hydrogens is 586 g/mol. The molecule has 0 bridgehead atoms. The van der Waals surface area contributed by atoms with E-state index in [4.69, 9.17) is 21.5 Å². The van der Waals surface area contributed by atoms with Crippen LogP contribution in [0.2, 0.25) is 5.02 Å². The molecule has 1 aliphatic carbocycles. The highest BCUT2D eigenvalue weighted by molar-refractivity contribution is 6.30. The number of rotatable bonds is 7. The number of nitrogens with zero attached hydrogens (tertiary/aromatic N) is 3. The number of benzene rings is 3. The predicted octanol–water partition coefficient (Wildman–Crippen LogP) is 5.36. The van der Waals surface area contributed by atoms with Crippen LogP contribution in [-0.4, -0.2) is 51.3 Å². The lowest BCUT2D eigenvalue weighted by Crippen LogP contribution is -2.52. The van der Waals surface area contributed by atoms with E-state index in [0.717, 1.165) is 5.56 Å². The topological polar surface area (TPSA) is 153 Å². The van der Waals surface area contributed by atoms with Gasteiger partial charge in [-0.2, -0.15) is 0 Å². The van der Waals surface area contributed by atoms with Crippen LogP contribution < -0.4 is 10.6 Å². The van der Waals surface area contributed by atoms with Gasteiger partial charge in [-0.15, -0.1) is 5.11 Å². The fourth-order valence-corrected chi connectivity index (χ4v) is 6.05. The van der Waals surface area contributed by atoms with Crippen LogP contribution in [0.25, 0.3) is 11.1 Å². The van der Waals surface area contributed by atoms with Gasteiger partial charge in [-0.3, -0.25) is 9.59 Å². The molecule has 1 saturated heterocycles. The van der Waals surface area contributed by atoms with Gasteiger partial charge in [0.25, 0.3) is 5.91 Å². The maximum Gasteiger partial charge on any atom is 0.407 e. The van der Waals surface area contributed by atoms with Crippen LogP contribution in [0.5, 0.6) is 0 Å². The molecular formula is C32H34ClN5O6. The number of halogens is 1. The Morgan fingerprint density at radius 2 is 1.75 bits per heavy atom. The van der Waals surface area contributed by atoms with E-state index in [1.807, 2.05) is 0 Å². The van der Waals surface area contributed by atoms with Crippen molar-refractivity contribution in [2.75, 3.05) is 6.54 Å². The van der Waals surface area contributed by atoms with Gasteiger partial charge in [-0.05, 0) is 68.5 Å². The normalized spacial score (nSPS) is 19.0. The first kappa shape index (κ1) is 31.0. The van der Waals surface area contributed by atoms with Crippen molar-refractivity contribution in [2.45, 2.75) is 63.9 Å². The highest BCUT2D eigenvalue weighted by Gasteiger charge is 2.52. The van der Waals surface area contributed by atoms with Crippen molar-refractivity contribution in [1.82, 2.24) is 15.5 Å². The fourth-order valence-electron chi connectivity index (χ4n) is 5.85. The van der Waals surface area contributed by atoms with E-state index in [-0.39, 0.29) is 25.5 Å². The summed E-state index contributed by atoms with van der Waals surface area (Å²) in [6.45, 7) is 5.88. The van der Waals surface area contributed by atoms with Crippen molar-refractivity contribution in [2.24, 2.45) is 10.4 Å². The number of aliphatic hydroxyl groups is 1. The van der Waals surface area contributed by atoms with Crippen LogP contribution >= 0.6 is 11.6 Å². The van der Waals surface area contributed by atoms with Crippen molar-refractivity contribution in [3.05, 3.63) is 87.9 Å². The Labute approximate surface area is 259 Å². The molecule has 3 aromatic carbocycles. The summed E-state index contributed by atoms with van der Waals surface area (Å²) in [7, 11) is 0. The third-order valence-corrected chi connectivity index (χ3v) is 7.98. The second-order valence-corrected chi connectivity index (χ2v) is 12.2. The monoisotopic (exact) mass is 619 g/mol. The van der Waals surface area contributed by atoms with Crippen LogP contribution in [-0.2, 0) is 33.0 Å². The average molecular weight is 620 g/mol. The zero-order valence-corrected chi connectivity index (χ0v) is 25.4. The van der Waals surface area contributed by atoms with E-state index in [0.29, 0.717) is 51.4 Å². The lowest BCUT2D eigenvalue weighted by Gasteiger charge is -2.33. The van der Waals surface area contributed by atoms with Gasteiger partial charge in [0, 0.05) is 46.6 Å². The molecule has 0 radical (unpaired) electrons. The van der Waals surface area contributed by atoms with Gasteiger partial charge in [-0.25, -0.2) is 4.79 Å². The second kappa shape index (κ2) is 12.3. The summed E-state index contributed by atoms with van der Waals surface area (Å²) in [6.07, 6.45) is 0.431. The van der Waals surface area contributed by atoms with Crippen LogP contribution in [0.3, 0.4) is 0 Å². The molecule has 0 spiro atoms. The molecule has 1 aliphatic heterocycles. The SMILES string of the molecule is CC(C)(C)OC(=O)NCc1ccc(Cl)cc1CNC(=O)[C@@H]1CCCN1C(=O)C1(O)c2ccccc2-c2c(N=NO)cccc21. The molecule has 11 nitrogen and oxygen atoms in total. The number of carbonyl (C=O) groups is 3. The van der Waals surface area contributed by atoms with Gasteiger partial charge in [0.1, 0.15) is 11.6 Å². The first-order valence-electron chi connectivity index (χ1n) is 14.3. The first-order chi connectivity index (χ1) is 20.9. The van der Waals surface area contributed by atoms with E-state index in [2.05, 4.69) is 21.0 Å². The Morgan fingerprint density at radius 3 is 2.50 bits per heavy atom. The predicted molar refractivity (Wildman–Crippen MR) is 162 cm³/mol. The maximum absolute atomic E-state index is 14.2. The Bertz CT molecular complexity index is 1640. The smallest absolute Gasteiger partial charge is 0.407 e. The summed E-state index contributed by atoms with van der Waals surface area (Å²) in [5, 5.41) is 34.1. The van der Waals surface area contributed by atoms with Crippen LogP contribution in [0, 0.1) is 0 Å². The number of carbonyl (C=O) groups excluding carboxylic acids is 3. The molecule has 5 rings (SSSR count). The number of likely N-dealkylation sites (tertiary alicyclic amines) is 1. The highest BCUT2D eigenvalue weighted by Crippen LogP contribution is 2.52. The van der Waals surface area contributed by atoms with E-state index >= 15 is 0 Å². The second-order valence-electron chi connectivity index (χ2n) is 11.8. The zero-order valence-electron chi connectivity index (χ0n) is 24.6. The quantitative estimate of drug-likeness (QED) is 0.206. The molecule has 1 fully saturated rings. The molecule has 0 saturated carbocycles. The number of alkyl carbamates (subject to hydrolysis) is 1. The zero-order chi connectivity index (χ0) is 31.6. The van der Waals surface area contributed by atoms with Crippen molar-refractivity contribution in [3.8, 4) is 11.1 Å². The minimum atomic E-state index is -2.07. The third kappa shape index (κ3) is 5.97. The molecule has 4 N–H and O–H groups in total. The molecule has 1 heterocycles. The van der Waals surface area contributed by atoms with Gasteiger partial charge < -0.3 is 30.6 Å².